The average Bonchev–Trinajstić information content (AvgIpc) is 3.44. The normalized spacial score (nSPS) is 11.6. The summed E-state index contributed by atoms with van der Waals surface area (Å²) in [6.07, 6.45) is 5.15. The minimum absolute atomic E-state index is 0.330. The van der Waals surface area contributed by atoms with Gasteiger partial charge >= 0.3 is 0 Å². The zero-order valence-corrected chi connectivity index (χ0v) is 23.2. The highest BCUT2D eigenvalue weighted by atomic mass is 16.2. The highest BCUT2D eigenvalue weighted by molar-refractivity contribution is 6.01. The summed E-state index contributed by atoms with van der Waals surface area (Å²) in [6, 6.07) is 29.8. The Morgan fingerprint density at radius 3 is 2.00 bits per heavy atom. The summed E-state index contributed by atoms with van der Waals surface area (Å²) >= 11 is 0. The molecule has 2 heterocycles. The molecule has 0 aliphatic heterocycles. The molecule has 2 aromatic heterocycles. The van der Waals surface area contributed by atoms with Gasteiger partial charge in [0.05, 0.1) is 11.9 Å². The Morgan fingerprint density at radius 1 is 0.805 bits per heavy atom. The fourth-order valence-corrected chi connectivity index (χ4v) is 4.95. The van der Waals surface area contributed by atoms with E-state index in [4.69, 9.17) is 0 Å². The molecule has 206 valence electrons. The van der Waals surface area contributed by atoms with Gasteiger partial charge in [0.25, 0.3) is 5.91 Å². The van der Waals surface area contributed by atoms with E-state index in [0.29, 0.717) is 11.4 Å². The lowest BCUT2D eigenvalue weighted by Gasteiger charge is -2.28. The number of carbonyl (C=O) groups excluding carboxylic acids is 2. The van der Waals surface area contributed by atoms with E-state index < -0.39 is 12.0 Å². The first-order chi connectivity index (χ1) is 19.9. The Kier molecular flexibility index (Phi) is 8.20. The summed E-state index contributed by atoms with van der Waals surface area (Å²) in [5, 5.41) is 10.2. The van der Waals surface area contributed by atoms with Crippen LogP contribution in [0.4, 0.5) is 11.4 Å². The van der Waals surface area contributed by atoms with Gasteiger partial charge in [-0.05, 0) is 41.0 Å². The predicted octanol–water partition coefficient (Wildman–Crippen LogP) is 5.12. The highest BCUT2D eigenvalue weighted by Crippen LogP contribution is 2.31. The number of nitrogens with zero attached hydrogens (tertiary/aromatic N) is 4. The van der Waals surface area contributed by atoms with Crippen molar-refractivity contribution in [2.75, 3.05) is 24.3 Å². The zero-order valence-electron chi connectivity index (χ0n) is 23.2. The summed E-state index contributed by atoms with van der Waals surface area (Å²) in [5.74, 6) is -1.15. The van der Waals surface area contributed by atoms with Crippen LogP contribution in [0, 0.1) is 0 Å². The van der Waals surface area contributed by atoms with E-state index in [1.807, 2.05) is 116 Å². The van der Waals surface area contributed by atoms with Crippen molar-refractivity contribution in [1.29, 1.82) is 0 Å². The van der Waals surface area contributed by atoms with E-state index in [1.54, 1.807) is 25.5 Å². The molecule has 5 aromatic rings. The first kappa shape index (κ1) is 27.3. The maximum absolute atomic E-state index is 14.0. The van der Waals surface area contributed by atoms with Gasteiger partial charge in [-0.25, -0.2) is 0 Å². The predicted molar refractivity (Wildman–Crippen MR) is 162 cm³/mol. The van der Waals surface area contributed by atoms with Gasteiger partial charge in [0, 0.05) is 50.7 Å². The van der Waals surface area contributed by atoms with Crippen molar-refractivity contribution in [1.82, 2.24) is 20.1 Å². The van der Waals surface area contributed by atoms with Crippen molar-refractivity contribution < 1.29 is 9.59 Å². The molecule has 0 fully saturated rings. The van der Waals surface area contributed by atoms with Crippen molar-refractivity contribution in [3.63, 3.8) is 0 Å². The van der Waals surface area contributed by atoms with Gasteiger partial charge in [-0.3, -0.25) is 19.3 Å². The lowest BCUT2D eigenvalue weighted by atomic mass is 9.84. The van der Waals surface area contributed by atoms with Crippen LogP contribution in [0.15, 0.2) is 116 Å². The van der Waals surface area contributed by atoms with Crippen LogP contribution in [0.25, 0.3) is 11.1 Å². The number of rotatable bonds is 9. The monoisotopic (exact) mass is 544 g/mol. The van der Waals surface area contributed by atoms with Crippen LogP contribution < -0.4 is 15.5 Å². The van der Waals surface area contributed by atoms with Crippen LogP contribution in [-0.4, -0.2) is 46.7 Å². The molecule has 3 aromatic carbocycles. The quantitative estimate of drug-likeness (QED) is 0.269. The van der Waals surface area contributed by atoms with Crippen LogP contribution in [0.5, 0.6) is 0 Å². The lowest BCUT2D eigenvalue weighted by Crippen LogP contribution is -2.48. The number of benzene rings is 3. The number of aromatic nitrogens is 3. The van der Waals surface area contributed by atoms with E-state index in [-0.39, 0.29) is 11.8 Å². The first-order valence-corrected chi connectivity index (χ1v) is 13.3. The number of aryl methyl sites for hydroxylation is 1. The molecule has 0 spiro atoms. The van der Waals surface area contributed by atoms with Crippen LogP contribution in [0.1, 0.15) is 27.5 Å². The maximum Gasteiger partial charge on any atom is 0.270 e. The molecule has 5 rings (SSSR count). The third-order valence-corrected chi connectivity index (χ3v) is 7.02. The largest absolute Gasteiger partial charge is 0.376 e. The second-order valence-corrected chi connectivity index (χ2v) is 9.94. The lowest BCUT2D eigenvalue weighted by molar-refractivity contribution is -0.118. The maximum atomic E-state index is 14.0. The van der Waals surface area contributed by atoms with Crippen molar-refractivity contribution in [3.05, 3.63) is 132 Å². The number of hydrogen-bond acceptors (Lipinski definition) is 5. The molecule has 0 aliphatic rings. The molecule has 8 nitrogen and oxygen atoms in total. The van der Waals surface area contributed by atoms with Gasteiger partial charge in [-0.1, -0.05) is 72.8 Å². The minimum atomic E-state index is -0.914. The van der Waals surface area contributed by atoms with E-state index in [1.165, 1.54) is 4.68 Å². The van der Waals surface area contributed by atoms with Crippen LogP contribution >= 0.6 is 0 Å². The minimum Gasteiger partial charge on any atom is -0.376 e. The number of carbonyl (C=O) groups is 2. The van der Waals surface area contributed by atoms with Crippen molar-refractivity contribution in [2.45, 2.75) is 12.0 Å². The van der Waals surface area contributed by atoms with Crippen molar-refractivity contribution in [2.24, 2.45) is 7.05 Å². The van der Waals surface area contributed by atoms with Gasteiger partial charge in [0.1, 0.15) is 11.7 Å². The topological polar surface area (TPSA) is 92.2 Å². The Morgan fingerprint density at radius 2 is 1.44 bits per heavy atom. The molecule has 2 N–H and O–H groups in total. The van der Waals surface area contributed by atoms with Gasteiger partial charge < -0.3 is 15.5 Å². The molecule has 0 saturated carbocycles. The Bertz CT molecular complexity index is 1580. The summed E-state index contributed by atoms with van der Waals surface area (Å²) in [5.41, 5.74) is 5.84. The second kappa shape index (κ2) is 12.3. The van der Waals surface area contributed by atoms with Crippen molar-refractivity contribution >= 4 is 23.2 Å². The molecule has 0 bridgehead atoms. The Hall–Kier alpha value is -5.24. The van der Waals surface area contributed by atoms with Gasteiger partial charge in [-0.15, -0.1) is 0 Å². The van der Waals surface area contributed by atoms with Crippen LogP contribution in [-0.2, 0) is 11.8 Å². The van der Waals surface area contributed by atoms with Gasteiger partial charge in [0.15, 0.2) is 0 Å². The average molecular weight is 545 g/mol. The summed E-state index contributed by atoms with van der Waals surface area (Å²) in [4.78, 5) is 33.7. The first-order valence-electron chi connectivity index (χ1n) is 13.3. The highest BCUT2D eigenvalue weighted by Gasteiger charge is 2.33. The summed E-state index contributed by atoms with van der Waals surface area (Å²) in [7, 11) is 5.65. The summed E-state index contributed by atoms with van der Waals surface area (Å²) in [6.45, 7) is 0. The standard InChI is InChI=1S/C33H32N6O2/c1-38(2)29-22-34-20-18-27(29)23-14-16-26(17-15-23)36-33(41)31(37-32(40)28-19-21-35-39(28)3)30(24-10-6-4-7-11-24)25-12-8-5-9-13-25/h4-22,30-31H,1-3H3,(H,36,41)(H,37,40). The Labute approximate surface area is 239 Å². The Balaban J connectivity index is 1.48. The second-order valence-electron chi connectivity index (χ2n) is 9.94. The molecule has 1 atom stereocenters. The number of hydrogen-bond donors (Lipinski definition) is 2. The van der Waals surface area contributed by atoms with Crippen LogP contribution in [0.2, 0.25) is 0 Å². The number of pyridine rings is 1. The molecule has 0 aliphatic carbocycles. The van der Waals surface area contributed by atoms with E-state index in [0.717, 1.165) is 27.9 Å². The van der Waals surface area contributed by atoms with Crippen LogP contribution in [0.3, 0.4) is 0 Å². The molecular weight excluding hydrogens is 512 g/mol. The molecule has 0 radical (unpaired) electrons. The molecule has 0 saturated heterocycles. The van der Waals surface area contributed by atoms with E-state index >= 15 is 0 Å². The molecule has 2 amide bonds. The molecular formula is C33H32N6O2. The zero-order chi connectivity index (χ0) is 28.8. The third kappa shape index (κ3) is 6.17. The van der Waals surface area contributed by atoms with Crippen molar-refractivity contribution in [3.8, 4) is 11.1 Å². The fourth-order valence-electron chi connectivity index (χ4n) is 4.95. The number of anilines is 2. The van der Waals surface area contributed by atoms with Gasteiger partial charge in [-0.2, -0.15) is 5.10 Å². The van der Waals surface area contributed by atoms with Gasteiger partial charge in [0.2, 0.25) is 5.91 Å². The summed E-state index contributed by atoms with van der Waals surface area (Å²) < 4.78 is 1.49. The third-order valence-electron chi connectivity index (χ3n) is 7.02. The fraction of sp³-hybridized carbons (Fsp3) is 0.152. The smallest absolute Gasteiger partial charge is 0.270 e. The van der Waals surface area contributed by atoms with E-state index in [9.17, 15) is 9.59 Å². The molecule has 41 heavy (non-hydrogen) atoms. The molecule has 8 heteroatoms. The SMILES string of the molecule is CN(C)c1cnccc1-c1ccc(NC(=O)C(NC(=O)c2ccnn2C)C(c2ccccc2)c2ccccc2)cc1. The van der Waals surface area contributed by atoms with E-state index in [2.05, 4.69) is 20.7 Å². The molecule has 1 unspecified atom stereocenters. The number of amides is 2. The number of nitrogens with one attached hydrogen (secondary N) is 2.